The van der Waals surface area contributed by atoms with Gasteiger partial charge in [0, 0.05) is 17.3 Å². The number of hydrogen-bond acceptors (Lipinski definition) is 7. The number of thioether (sulfide) groups is 1. The zero-order chi connectivity index (χ0) is 21.8. The van der Waals surface area contributed by atoms with Crippen molar-refractivity contribution in [3.8, 4) is 16.8 Å². The maximum absolute atomic E-state index is 13.3. The predicted octanol–water partition coefficient (Wildman–Crippen LogP) is 3.54. The molecule has 154 valence electrons. The molecule has 2 heterocycles. The fourth-order valence-corrected chi connectivity index (χ4v) is 3.59. The van der Waals surface area contributed by atoms with Crippen molar-refractivity contribution < 1.29 is 19.1 Å². The molecule has 31 heavy (non-hydrogen) atoms. The summed E-state index contributed by atoms with van der Waals surface area (Å²) >= 11 is 1.17. The standard InChI is InChI=1S/C21H14FN5O3S/c22-17-9-16(10-23-11-17)13-1-3-14(4-2-13)19(28)12-31-21-24-25-26-27(21)18-7-5-15(6-8-18)20(29)30/h1-11H,12H2,(H,29,30). The van der Waals surface area contributed by atoms with Crippen molar-refractivity contribution in [1.29, 1.82) is 0 Å². The van der Waals surface area contributed by atoms with Crippen LogP contribution < -0.4 is 0 Å². The largest absolute Gasteiger partial charge is 0.478 e. The number of pyridine rings is 1. The predicted molar refractivity (Wildman–Crippen MR) is 111 cm³/mol. The van der Waals surface area contributed by atoms with Crippen LogP contribution in [0.4, 0.5) is 4.39 Å². The van der Waals surface area contributed by atoms with Gasteiger partial charge in [-0.25, -0.2) is 9.18 Å². The van der Waals surface area contributed by atoms with Crippen LogP contribution in [0.25, 0.3) is 16.8 Å². The number of ketones is 1. The van der Waals surface area contributed by atoms with Gasteiger partial charge in [0.05, 0.1) is 23.2 Å². The topological polar surface area (TPSA) is 111 Å². The third-order valence-electron chi connectivity index (χ3n) is 4.38. The summed E-state index contributed by atoms with van der Waals surface area (Å²) in [6, 6.07) is 14.3. The summed E-state index contributed by atoms with van der Waals surface area (Å²) in [7, 11) is 0. The van der Waals surface area contributed by atoms with Crippen LogP contribution in [0.1, 0.15) is 20.7 Å². The number of carbonyl (C=O) groups is 2. The molecule has 0 saturated carbocycles. The number of rotatable bonds is 7. The molecule has 0 atom stereocenters. The van der Waals surface area contributed by atoms with E-state index in [1.165, 1.54) is 34.6 Å². The van der Waals surface area contributed by atoms with Crippen molar-refractivity contribution in [1.82, 2.24) is 25.2 Å². The molecular formula is C21H14FN5O3S. The van der Waals surface area contributed by atoms with E-state index in [4.69, 9.17) is 5.11 Å². The van der Waals surface area contributed by atoms with Gasteiger partial charge in [-0.1, -0.05) is 36.0 Å². The van der Waals surface area contributed by atoms with Crippen molar-refractivity contribution in [2.75, 3.05) is 5.75 Å². The second kappa shape index (κ2) is 8.84. The van der Waals surface area contributed by atoms with Gasteiger partial charge in [0.1, 0.15) is 5.82 Å². The molecule has 2 aromatic heterocycles. The minimum absolute atomic E-state index is 0.106. The molecule has 2 aromatic carbocycles. The summed E-state index contributed by atoms with van der Waals surface area (Å²) in [6.07, 6.45) is 2.69. The number of Topliss-reactive ketones (excluding diaryl/α,β-unsaturated/α-hetero) is 1. The number of nitrogens with zero attached hydrogens (tertiary/aromatic N) is 5. The zero-order valence-corrected chi connectivity index (χ0v) is 16.7. The number of carboxylic acids is 1. The molecule has 0 saturated heterocycles. The first-order chi connectivity index (χ1) is 15.0. The lowest BCUT2D eigenvalue weighted by molar-refractivity contribution is 0.0696. The Morgan fingerprint density at radius 1 is 0.968 bits per heavy atom. The summed E-state index contributed by atoms with van der Waals surface area (Å²) in [5.74, 6) is -1.47. The minimum atomic E-state index is -1.02. The number of aromatic carboxylic acids is 1. The smallest absolute Gasteiger partial charge is 0.335 e. The zero-order valence-electron chi connectivity index (χ0n) is 15.8. The molecule has 1 N–H and O–H groups in total. The molecule has 0 spiro atoms. The van der Waals surface area contributed by atoms with Gasteiger partial charge in [-0.3, -0.25) is 9.78 Å². The summed E-state index contributed by atoms with van der Waals surface area (Å²) in [4.78, 5) is 27.4. The molecular weight excluding hydrogens is 421 g/mol. The molecule has 0 aliphatic carbocycles. The first-order valence-corrected chi connectivity index (χ1v) is 9.99. The Labute approximate surface area is 179 Å². The molecule has 10 heteroatoms. The van der Waals surface area contributed by atoms with E-state index >= 15 is 0 Å². The van der Waals surface area contributed by atoms with Gasteiger partial charge in [-0.2, -0.15) is 4.68 Å². The van der Waals surface area contributed by atoms with Crippen LogP contribution in [-0.2, 0) is 0 Å². The first-order valence-electron chi connectivity index (χ1n) is 9.00. The SMILES string of the molecule is O=C(O)c1ccc(-n2nnnc2SCC(=O)c2ccc(-c3cncc(F)c3)cc2)cc1. The maximum atomic E-state index is 13.3. The van der Waals surface area contributed by atoms with Gasteiger partial charge >= 0.3 is 5.97 Å². The highest BCUT2D eigenvalue weighted by Crippen LogP contribution is 2.22. The second-order valence-corrected chi connectivity index (χ2v) is 7.35. The van der Waals surface area contributed by atoms with Crippen LogP contribution in [0.3, 0.4) is 0 Å². The highest BCUT2D eigenvalue weighted by atomic mass is 32.2. The van der Waals surface area contributed by atoms with E-state index in [0.717, 1.165) is 11.8 Å². The number of tetrazole rings is 1. The Bertz CT molecular complexity index is 1240. The molecule has 0 amide bonds. The lowest BCUT2D eigenvalue weighted by atomic mass is 10.0. The number of aromatic nitrogens is 5. The van der Waals surface area contributed by atoms with Crippen molar-refractivity contribution in [3.05, 3.63) is 83.9 Å². The highest BCUT2D eigenvalue weighted by molar-refractivity contribution is 7.99. The molecule has 8 nitrogen and oxygen atoms in total. The Balaban J connectivity index is 1.44. The lowest BCUT2D eigenvalue weighted by Gasteiger charge is -2.06. The second-order valence-electron chi connectivity index (χ2n) is 6.41. The minimum Gasteiger partial charge on any atom is -0.478 e. The van der Waals surface area contributed by atoms with E-state index < -0.39 is 11.8 Å². The van der Waals surface area contributed by atoms with Crippen molar-refractivity contribution in [3.63, 3.8) is 0 Å². The average molecular weight is 435 g/mol. The molecule has 0 unspecified atom stereocenters. The Morgan fingerprint density at radius 2 is 1.68 bits per heavy atom. The van der Waals surface area contributed by atoms with E-state index in [1.807, 2.05) is 0 Å². The van der Waals surface area contributed by atoms with Gasteiger partial charge in [0.25, 0.3) is 0 Å². The fourth-order valence-electron chi connectivity index (χ4n) is 2.81. The van der Waals surface area contributed by atoms with Gasteiger partial charge in [0.2, 0.25) is 5.16 Å². The van der Waals surface area contributed by atoms with Gasteiger partial charge in [-0.15, -0.1) is 5.10 Å². The van der Waals surface area contributed by atoms with E-state index in [1.54, 1.807) is 42.6 Å². The van der Waals surface area contributed by atoms with Gasteiger partial charge in [0.15, 0.2) is 5.78 Å². The Morgan fingerprint density at radius 3 is 2.35 bits per heavy atom. The van der Waals surface area contributed by atoms with Gasteiger partial charge < -0.3 is 5.11 Å². The fraction of sp³-hybridized carbons (Fsp3) is 0.0476. The third-order valence-corrected chi connectivity index (χ3v) is 5.30. The lowest BCUT2D eigenvalue weighted by Crippen LogP contribution is -2.05. The Hall–Kier alpha value is -3.92. The molecule has 4 rings (SSSR count). The Kier molecular flexibility index (Phi) is 5.80. The van der Waals surface area contributed by atoms with E-state index in [0.29, 0.717) is 22.0 Å². The summed E-state index contributed by atoms with van der Waals surface area (Å²) < 4.78 is 14.8. The van der Waals surface area contributed by atoms with Crippen molar-refractivity contribution in [2.45, 2.75) is 5.16 Å². The molecule has 0 aliphatic rings. The first kappa shape index (κ1) is 20.4. The third kappa shape index (κ3) is 4.64. The van der Waals surface area contributed by atoms with Crippen LogP contribution in [0, 0.1) is 5.82 Å². The van der Waals surface area contributed by atoms with E-state index in [-0.39, 0.29) is 17.1 Å². The van der Waals surface area contributed by atoms with Crippen molar-refractivity contribution >= 4 is 23.5 Å². The summed E-state index contributed by atoms with van der Waals surface area (Å²) in [6.45, 7) is 0. The van der Waals surface area contributed by atoms with Crippen molar-refractivity contribution in [2.24, 2.45) is 0 Å². The quantitative estimate of drug-likeness (QED) is 0.347. The van der Waals surface area contributed by atoms with Crippen LogP contribution in [0.15, 0.2) is 72.1 Å². The monoisotopic (exact) mass is 435 g/mol. The molecule has 0 fully saturated rings. The van der Waals surface area contributed by atoms with Crippen LogP contribution in [-0.4, -0.2) is 47.8 Å². The molecule has 0 radical (unpaired) electrons. The normalized spacial score (nSPS) is 10.7. The average Bonchev–Trinajstić information content (AvgIpc) is 3.26. The summed E-state index contributed by atoms with van der Waals surface area (Å²) in [5.41, 5.74) is 2.62. The number of benzene rings is 2. The number of carboxylic acid groups (broad SMARTS) is 1. The highest BCUT2D eigenvalue weighted by Gasteiger charge is 2.14. The molecule has 0 aliphatic heterocycles. The maximum Gasteiger partial charge on any atom is 0.335 e. The van der Waals surface area contributed by atoms with Crippen LogP contribution in [0.2, 0.25) is 0 Å². The summed E-state index contributed by atoms with van der Waals surface area (Å²) in [5, 5.41) is 20.9. The van der Waals surface area contributed by atoms with Crippen LogP contribution >= 0.6 is 11.8 Å². The number of carbonyl (C=O) groups excluding carboxylic acids is 1. The number of halogens is 1. The van der Waals surface area contributed by atoms with E-state index in [9.17, 15) is 14.0 Å². The van der Waals surface area contributed by atoms with Crippen LogP contribution in [0.5, 0.6) is 0 Å². The van der Waals surface area contributed by atoms with Gasteiger partial charge in [-0.05, 0) is 46.3 Å². The molecule has 0 bridgehead atoms. The molecule has 4 aromatic rings. The number of hydrogen-bond donors (Lipinski definition) is 1. The van der Waals surface area contributed by atoms with E-state index in [2.05, 4.69) is 20.5 Å².